The zero-order chi connectivity index (χ0) is 15.3. The molecule has 0 bridgehead atoms. The van der Waals surface area contributed by atoms with Gasteiger partial charge in [0.15, 0.2) is 0 Å². The van der Waals surface area contributed by atoms with E-state index in [0.717, 1.165) is 0 Å². The highest BCUT2D eigenvalue weighted by Crippen LogP contribution is 2.33. The van der Waals surface area contributed by atoms with E-state index >= 15 is 0 Å². The van der Waals surface area contributed by atoms with Crippen LogP contribution < -0.4 is 5.19 Å². The van der Waals surface area contributed by atoms with Crippen molar-refractivity contribution in [3.63, 3.8) is 0 Å². The standard InChI is InChI=1S/C20H18OSi/c1-20(2,3)21-22-17-11-15-9-7-13-5-4-6-14-8-10-16(12-17)19(15)18(13)14/h4-12H,1-3H3. The Morgan fingerprint density at radius 2 is 1.23 bits per heavy atom. The molecule has 0 aliphatic carbocycles. The molecule has 22 heavy (non-hydrogen) atoms. The first-order valence-corrected chi connectivity index (χ1v) is 8.54. The Balaban J connectivity index is 1.93. The highest BCUT2D eigenvalue weighted by molar-refractivity contribution is 6.48. The van der Waals surface area contributed by atoms with E-state index in [2.05, 4.69) is 75.4 Å². The van der Waals surface area contributed by atoms with Gasteiger partial charge in [-0.25, -0.2) is 0 Å². The molecular formula is C20H18OSi. The lowest BCUT2D eigenvalue weighted by atomic mass is 9.94. The third kappa shape index (κ3) is 2.29. The van der Waals surface area contributed by atoms with E-state index in [-0.39, 0.29) is 5.60 Å². The third-order valence-electron chi connectivity index (χ3n) is 3.94. The second-order valence-corrected chi connectivity index (χ2v) is 7.81. The van der Waals surface area contributed by atoms with Gasteiger partial charge in [-0.05, 0) is 58.3 Å². The van der Waals surface area contributed by atoms with Crippen molar-refractivity contribution in [1.82, 2.24) is 0 Å². The Labute approximate surface area is 133 Å². The van der Waals surface area contributed by atoms with Crippen molar-refractivity contribution in [2.45, 2.75) is 26.4 Å². The largest absolute Gasteiger partial charge is 0.407 e. The maximum Gasteiger partial charge on any atom is 0.269 e. The summed E-state index contributed by atoms with van der Waals surface area (Å²) >= 11 is 0. The molecule has 0 saturated carbocycles. The van der Waals surface area contributed by atoms with Crippen LogP contribution in [0.4, 0.5) is 0 Å². The average molecular weight is 302 g/mol. The fourth-order valence-corrected chi connectivity index (χ4v) is 3.88. The predicted octanol–water partition coefficient (Wildman–Crippen LogP) is 4.64. The molecule has 4 aromatic carbocycles. The van der Waals surface area contributed by atoms with E-state index < -0.39 is 0 Å². The van der Waals surface area contributed by atoms with Gasteiger partial charge in [0.1, 0.15) is 0 Å². The van der Waals surface area contributed by atoms with Crippen LogP contribution in [0.25, 0.3) is 32.3 Å². The van der Waals surface area contributed by atoms with Gasteiger partial charge in [-0.2, -0.15) is 0 Å². The van der Waals surface area contributed by atoms with E-state index in [9.17, 15) is 0 Å². The molecule has 4 rings (SSSR count). The fourth-order valence-electron chi connectivity index (χ4n) is 3.02. The Hall–Kier alpha value is -1.90. The van der Waals surface area contributed by atoms with Crippen LogP contribution in [0, 0.1) is 0 Å². The first-order chi connectivity index (χ1) is 10.5. The summed E-state index contributed by atoms with van der Waals surface area (Å²) in [5.41, 5.74) is -0.100. The summed E-state index contributed by atoms with van der Waals surface area (Å²) in [4.78, 5) is 0. The van der Waals surface area contributed by atoms with Gasteiger partial charge < -0.3 is 4.43 Å². The summed E-state index contributed by atoms with van der Waals surface area (Å²) in [5, 5.41) is 9.27. The summed E-state index contributed by atoms with van der Waals surface area (Å²) in [7, 11) is 0.382. The van der Waals surface area contributed by atoms with Crippen molar-refractivity contribution in [2.24, 2.45) is 0 Å². The maximum atomic E-state index is 5.97. The molecule has 108 valence electrons. The van der Waals surface area contributed by atoms with Crippen LogP contribution in [-0.4, -0.2) is 15.4 Å². The summed E-state index contributed by atoms with van der Waals surface area (Å²) in [5.74, 6) is 0. The van der Waals surface area contributed by atoms with Crippen LogP contribution in [0.3, 0.4) is 0 Å². The topological polar surface area (TPSA) is 9.23 Å². The molecule has 0 atom stereocenters. The Morgan fingerprint density at radius 3 is 1.77 bits per heavy atom. The zero-order valence-electron chi connectivity index (χ0n) is 13.1. The van der Waals surface area contributed by atoms with Crippen molar-refractivity contribution in [3.05, 3.63) is 54.6 Å². The second-order valence-electron chi connectivity index (χ2n) is 6.82. The molecule has 0 spiro atoms. The number of rotatable bonds is 2. The van der Waals surface area contributed by atoms with Gasteiger partial charge in [0.25, 0.3) is 9.76 Å². The molecule has 0 fully saturated rings. The summed E-state index contributed by atoms with van der Waals surface area (Å²) in [6, 6.07) is 20.0. The van der Waals surface area contributed by atoms with Crippen LogP contribution in [0.5, 0.6) is 0 Å². The lowest BCUT2D eigenvalue weighted by molar-refractivity contribution is 0.142. The summed E-state index contributed by atoms with van der Waals surface area (Å²) < 4.78 is 5.97. The normalized spacial score (nSPS) is 12.7. The minimum absolute atomic E-state index is 0.100. The van der Waals surface area contributed by atoms with Gasteiger partial charge in [0.05, 0.1) is 0 Å². The third-order valence-corrected chi connectivity index (χ3v) is 5.18. The van der Waals surface area contributed by atoms with Crippen LogP contribution in [0.15, 0.2) is 54.6 Å². The minimum Gasteiger partial charge on any atom is -0.407 e. The molecule has 0 aromatic heterocycles. The zero-order valence-corrected chi connectivity index (χ0v) is 14.1. The molecule has 2 heteroatoms. The first-order valence-electron chi connectivity index (χ1n) is 7.63. The fraction of sp³-hybridized carbons (Fsp3) is 0.200. The second kappa shape index (κ2) is 4.80. The highest BCUT2D eigenvalue weighted by Gasteiger charge is 2.13. The smallest absolute Gasteiger partial charge is 0.269 e. The van der Waals surface area contributed by atoms with E-state index in [0.29, 0.717) is 9.76 Å². The van der Waals surface area contributed by atoms with Gasteiger partial charge in [0.2, 0.25) is 0 Å². The quantitative estimate of drug-likeness (QED) is 0.387. The summed E-state index contributed by atoms with van der Waals surface area (Å²) in [6.07, 6.45) is 0. The van der Waals surface area contributed by atoms with Crippen LogP contribution in [0.1, 0.15) is 20.8 Å². The molecule has 0 unspecified atom stereocenters. The summed E-state index contributed by atoms with van der Waals surface area (Å²) in [6.45, 7) is 6.31. The minimum atomic E-state index is -0.100. The van der Waals surface area contributed by atoms with Gasteiger partial charge in [-0.3, -0.25) is 0 Å². The van der Waals surface area contributed by atoms with Crippen molar-refractivity contribution in [2.75, 3.05) is 0 Å². The lowest BCUT2D eigenvalue weighted by Gasteiger charge is -2.19. The van der Waals surface area contributed by atoms with E-state index in [4.69, 9.17) is 4.43 Å². The highest BCUT2D eigenvalue weighted by atomic mass is 28.2. The Kier molecular flexibility index (Phi) is 3.00. The molecule has 0 heterocycles. The molecule has 0 aliphatic heterocycles. The van der Waals surface area contributed by atoms with Crippen molar-refractivity contribution in [1.29, 1.82) is 0 Å². The van der Waals surface area contributed by atoms with E-state index in [1.807, 2.05) is 0 Å². The lowest BCUT2D eigenvalue weighted by Crippen LogP contribution is -2.28. The monoisotopic (exact) mass is 302 g/mol. The predicted molar refractivity (Wildman–Crippen MR) is 96.4 cm³/mol. The van der Waals surface area contributed by atoms with Gasteiger partial charge in [-0.15, -0.1) is 0 Å². The van der Waals surface area contributed by atoms with Gasteiger partial charge >= 0.3 is 0 Å². The molecule has 0 aliphatic rings. The van der Waals surface area contributed by atoms with E-state index in [1.165, 1.54) is 37.5 Å². The van der Waals surface area contributed by atoms with Crippen molar-refractivity contribution >= 4 is 47.3 Å². The maximum absolute atomic E-state index is 5.97. The van der Waals surface area contributed by atoms with Crippen LogP contribution >= 0.6 is 0 Å². The molecule has 1 nitrogen and oxygen atoms in total. The molecule has 0 saturated heterocycles. The number of hydrogen-bond acceptors (Lipinski definition) is 1. The van der Waals surface area contributed by atoms with Crippen LogP contribution in [0.2, 0.25) is 0 Å². The van der Waals surface area contributed by atoms with Gasteiger partial charge in [0, 0.05) is 5.60 Å². The van der Waals surface area contributed by atoms with Crippen molar-refractivity contribution < 1.29 is 4.43 Å². The number of benzene rings is 4. The average Bonchev–Trinajstić information content (AvgIpc) is 2.50. The molecular weight excluding hydrogens is 284 g/mol. The molecule has 4 aromatic rings. The van der Waals surface area contributed by atoms with Crippen LogP contribution in [-0.2, 0) is 4.43 Å². The van der Waals surface area contributed by atoms with E-state index in [1.54, 1.807) is 0 Å². The SMILES string of the molecule is CC(C)(C)O[Si]c1cc2ccc3cccc4ccc(c1)c2c34. The molecule has 0 amide bonds. The van der Waals surface area contributed by atoms with Crippen molar-refractivity contribution in [3.8, 4) is 0 Å². The number of hydrogen-bond donors (Lipinski definition) is 0. The molecule has 0 N–H and O–H groups in total. The Morgan fingerprint density at radius 1 is 0.727 bits per heavy atom. The first kappa shape index (κ1) is 13.7. The van der Waals surface area contributed by atoms with Gasteiger partial charge in [-0.1, -0.05) is 54.6 Å². The Bertz CT molecular complexity index is 902. The molecule has 2 radical (unpaired) electrons.